The minimum absolute atomic E-state index is 0.263. The Morgan fingerprint density at radius 3 is 2.35 bits per heavy atom. The van der Waals surface area contributed by atoms with E-state index in [4.69, 9.17) is 4.74 Å². The van der Waals surface area contributed by atoms with Crippen LogP contribution in [0, 0.1) is 6.92 Å². The van der Waals surface area contributed by atoms with E-state index in [1.165, 1.54) is 7.11 Å². The first-order chi connectivity index (χ1) is 9.63. The first-order valence-corrected chi connectivity index (χ1v) is 6.18. The number of benzene rings is 2. The Morgan fingerprint density at radius 1 is 1.00 bits per heavy atom. The van der Waals surface area contributed by atoms with Crippen molar-refractivity contribution in [2.24, 2.45) is 0 Å². The largest absolute Gasteiger partial charge is 0.465 e. The molecule has 2 rings (SSSR count). The molecule has 0 radical (unpaired) electrons. The van der Waals surface area contributed by atoms with E-state index in [1.807, 2.05) is 6.07 Å². The first kappa shape index (κ1) is 13.8. The Kier molecular flexibility index (Phi) is 4.15. The van der Waals surface area contributed by atoms with E-state index in [1.54, 1.807) is 49.4 Å². The van der Waals surface area contributed by atoms with Crippen LogP contribution in [0.2, 0.25) is 0 Å². The van der Waals surface area contributed by atoms with Crippen molar-refractivity contribution in [3.05, 3.63) is 65.2 Å². The van der Waals surface area contributed by atoms with Gasteiger partial charge < -0.3 is 10.1 Å². The highest BCUT2D eigenvalue weighted by molar-refractivity contribution is 6.08. The predicted octanol–water partition coefficient (Wildman–Crippen LogP) is 3.03. The van der Waals surface area contributed by atoms with Gasteiger partial charge >= 0.3 is 5.97 Å². The van der Waals surface area contributed by atoms with Crippen molar-refractivity contribution >= 4 is 17.6 Å². The molecule has 0 aliphatic rings. The Bertz CT molecular complexity index is 635. The molecule has 0 unspecified atom stereocenters. The predicted molar refractivity (Wildman–Crippen MR) is 76.9 cm³/mol. The number of esters is 1. The molecule has 0 saturated heterocycles. The normalized spacial score (nSPS) is 9.90. The number of hydrogen-bond donors (Lipinski definition) is 1. The molecular formula is C16H15NO3. The number of carbonyl (C=O) groups excluding carboxylic acids is 2. The van der Waals surface area contributed by atoms with Crippen molar-refractivity contribution in [1.82, 2.24) is 0 Å². The number of amides is 1. The molecule has 4 heteroatoms. The standard InChI is InChI=1S/C16H15NO3/c1-11-7-6-10-13(14(11)16(19)20-2)17-15(18)12-8-4-3-5-9-12/h3-10H,1-2H3,(H,17,18). The van der Waals surface area contributed by atoms with Crippen molar-refractivity contribution < 1.29 is 14.3 Å². The smallest absolute Gasteiger partial charge is 0.340 e. The lowest BCUT2D eigenvalue weighted by Crippen LogP contribution is -2.16. The van der Waals surface area contributed by atoms with Crippen LogP contribution in [0.4, 0.5) is 5.69 Å². The van der Waals surface area contributed by atoms with Crippen LogP contribution >= 0.6 is 0 Å². The molecule has 20 heavy (non-hydrogen) atoms. The van der Waals surface area contributed by atoms with Crippen molar-refractivity contribution in [1.29, 1.82) is 0 Å². The zero-order valence-corrected chi connectivity index (χ0v) is 11.3. The molecule has 0 bridgehead atoms. The summed E-state index contributed by atoms with van der Waals surface area (Å²) in [5.74, 6) is -0.729. The molecule has 0 fully saturated rings. The number of methoxy groups -OCH3 is 1. The van der Waals surface area contributed by atoms with Crippen molar-refractivity contribution in [2.45, 2.75) is 6.92 Å². The number of hydrogen-bond acceptors (Lipinski definition) is 3. The summed E-state index contributed by atoms with van der Waals surface area (Å²) >= 11 is 0. The third-order valence-corrected chi connectivity index (χ3v) is 2.95. The number of nitrogens with one attached hydrogen (secondary N) is 1. The van der Waals surface area contributed by atoms with E-state index in [9.17, 15) is 9.59 Å². The van der Waals surface area contributed by atoms with Crippen molar-refractivity contribution in [3.63, 3.8) is 0 Å². The van der Waals surface area contributed by atoms with Crippen LogP contribution in [0.1, 0.15) is 26.3 Å². The lowest BCUT2D eigenvalue weighted by Gasteiger charge is -2.12. The van der Waals surface area contributed by atoms with Gasteiger partial charge in [-0.05, 0) is 30.7 Å². The van der Waals surface area contributed by atoms with Gasteiger partial charge in [0, 0.05) is 5.56 Å². The van der Waals surface area contributed by atoms with Gasteiger partial charge in [0.25, 0.3) is 5.91 Å². The van der Waals surface area contributed by atoms with Crippen LogP contribution in [0.5, 0.6) is 0 Å². The summed E-state index contributed by atoms with van der Waals surface area (Å²) in [5, 5.41) is 2.74. The summed E-state index contributed by atoms with van der Waals surface area (Å²) in [4.78, 5) is 23.9. The second-order valence-electron chi connectivity index (χ2n) is 4.31. The SMILES string of the molecule is COC(=O)c1c(C)cccc1NC(=O)c1ccccc1. The zero-order chi connectivity index (χ0) is 14.5. The van der Waals surface area contributed by atoms with Gasteiger partial charge in [-0.25, -0.2) is 4.79 Å². The summed E-state index contributed by atoms with van der Waals surface area (Å²) in [5.41, 5.74) is 2.11. The highest BCUT2D eigenvalue weighted by Gasteiger charge is 2.16. The molecule has 102 valence electrons. The molecule has 0 aliphatic heterocycles. The van der Waals surface area contributed by atoms with Gasteiger partial charge in [0.2, 0.25) is 0 Å². The quantitative estimate of drug-likeness (QED) is 0.871. The van der Waals surface area contributed by atoms with E-state index in [2.05, 4.69) is 5.32 Å². The average Bonchev–Trinajstić information content (AvgIpc) is 2.47. The maximum Gasteiger partial charge on any atom is 0.340 e. The minimum atomic E-state index is -0.466. The molecule has 0 aromatic heterocycles. The van der Waals surface area contributed by atoms with E-state index in [-0.39, 0.29) is 5.91 Å². The molecular weight excluding hydrogens is 254 g/mol. The molecule has 0 atom stereocenters. The zero-order valence-electron chi connectivity index (χ0n) is 11.3. The van der Waals surface area contributed by atoms with Gasteiger partial charge in [-0.15, -0.1) is 0 Å². The third kappa shape index (κ3) is 2.85. The number of aryl methyl sites for hydroxylation is 1. The molecule has 4 nitrogen and oxygen atoms in total. The Balaban J connectivity index is 2.32. The van der Waals surface area contributed by atoms with Crippen LogP contribution in [-0.2, 0) is 4.74 Å². The second-order valence-corrected chi connectivity index (χ2v) is 4.31. The van der Waals surface area contributed by atoms with Crippen molar-refractivity contribution in [3.8, 4) is 0 Å². The maximum atomic E-state index is 12.1. The molecule has 0 saturated carbocycles. The number of carbonyl (C=O) groups is 2. The van der Waals surface area contributed by atoms with Gasteiger partial charge in [-0.1, -0.05) is 30.3 Å². The number of rotatable bonds is 3. The summed E-state index contributed by atoms with van der Waals surface area (Å²) < 4.78 is 4.75. The molecule has 2 aromatic carbocycles. The van der Waals surface area contributed by atoms with Crippen LogP contribution in [0.25, 0.3) is 0 Å². The highest BCUT2D eigenvalue weighted by Crippen LogP contribution is 2.21. The van der Waals surface area contributed by atoms with Gasteiger partial charge in [0.05, 0.1) is 18.4 Å². The second kappa shape index (κ2) is 6.02. The third-order valence-electron chi connectivity index (χ3n) is 2.95. The fourth-order valence-corrected chi connectivity index (χ4v) is 1.93. The van der Waals surface area contributed by atoms with Gasteiger partial charge in [0.1, 0.15) is 0 Å². The van der Waals surface area contributed by atoms with E-state index >= 15 is 0 Å². The van der Waals surface area contributed by atoms with Crippen LogP contribution in [-0.4, -0.2) is 19.0 Å². The topological polar surface area (TPSA) is 55.4 Å². The summed E-state index contributed by atoms with van der Waals surface area (Å²) in [7, 11) is 1.32. The Hall–Kier alpha value is -2.62. The molecule has 0 aliphatic carbocycles. The summed E-state index contributed by atoms with van der Waals surface area (Å²) in [6.07, 6.45) is 0. The van der Waals surface area contributed by atoms with Gasteiger partial charge in [-0.2, -0.15) is 0 Å². The molecule has 1 N–H and O–H groups in total. The van der Waals surface area contributed by atoms with Gasteiger partial charge in [0.15, 0.2) is 0 Å². The molecule has 1 amide bonds. The fourth-order valence-electron chi connectivity index (χ4n) is 1.93. The lowest BCUT2D eigenvalue weighted by atomic mass is 10.1. The number of ether oxygens (including phenoxy) is 1. The number of anilines is 1. The molecule has 2 aromatic rings. The van der Waals surface area contributed by atoms with Crippen LogP contribution < -0.4 is 5.32 Å². The van der Waals surface area contributed by atoms with Crippen LogP contribution in [0.3, 0.4) is 0 Å². The molecule has 0 spiro atoms. The van der Waals surface area contributed by atoms with Gasteiger partial charge in [-0.3, -0.25) is 4.79 Å². The first-order valence-electron chi connectivity index (χ1n) is 6.18. The highest BCUT2D eigenvalue weighted by atomic mass is 16.5. The maximum absolute atomic E-state index is 12.1. The summed E-state index contributed by atoms with van der Waals surface area (Å²) in [6, 6.07) is 14.1. The monoisotopic (exact) mass is 269 g/mol. The van der Waals surface area contributed by atoms with E-state index < -0.39 is 5.97 Å². The molecule has 0 heterocycles. The Labute approximate surface area is 117 Å². The fraction of sp³-hybridized carbons (Fsp3) is 0.125. The lowest BCUT2D eigenvalue weighted by molar-refractivity contribution is 0.0601. The van der Waals surface area contributed by atoms with Crippen molar-refractivity contribution in [2.75, 3.05) is 12.4 Å². The average molecular weight is 269 g/mol. The summed E-state index contributed by atoms with van der Waals surface area (Å²) in [6.45, 7) is 1.80. The Morgan fingerprint density at radius 2 is 1.70 bits per heavy atom. The van der Waals surface area contributed by atoms with E-state index in [0.29, 0.717) is 16.8 Å². The minimum Gasteiger partial charge on any atom is -0.465 e. The van der Waals surface area contributed by atoms with E-state index in [0.717, 1.165) is 5.56 Å². The van der Waals surface area contributed by atoms with Crippen LogP contribution in [0.15, 0.2) is 48.5 Å².